The summed E-state index contributed by atoms with van der Waals surface area (Å²) < 4.78 is 5.02. The molecule has 4 nitrogen and oxygen atoms in total. The maximum atomic E-state index is 12.2. The maximum absolute atomic E-state index is 12.2. The van der Waals surface area contributed by atoms with Gasteiger partial charge in [-0.15, -0.1) is 0 Å². The predicted molar refractivity (Wildman–Crippen MR) is 70.9 cm³/mol. The molecule has 0 radical (unpaired) electrons. The maximum Gasteiger partial charge on any atom is 0.196 e. The first-order valence-electron chi connectivity index (χ1n) is 5.75. The third-order valence-electron chi connectivity index (χ3n) is 3.00. The fourth-order valence-electron chi connectivity index (χ4n) is 1.77. The number of hydrogen-bond acceptors (Lipinski definition) is 4. The summed E-state index contributed by atoms with van der Waals surface area (Å²) in [5, 5.41) is 19.4. The quantitative estimate of drug-likeness (QED) is 0.830. The molecule has 0 aliphatic rings. The molecule has 2 N–H and O–H groups in total. The molecule has 2 aromatic carbocycles. The van der Waals surface area contributed by atoms with E-state index in [0.29, 0.717) is 16.9 Å². The van der Waals surface area contributed by atoms with Gasteiger partial charge in [0.15, 0.2) is 5.78 Å². The third kappa shape index (κ3) is 2.38. The minimum atomic E-state index is -0.303. The molecule has 0 atom stereocenters. The number of methoxy groups -OCH3 is 1. The topological polar surface area (TPSA) is 66.8 Å². The van der Waals surface area contributed by atoms with E-state index in [9.17, 15) is 15.0 Å². The summed E-state index contributed by atoms with van der Waals surface area (Å²) in [4.78, 5) is 12.2. The Balaban J connectivity index is 2.41. The van der Waals surface area contributed by atoms with Crippen LogP contribution in [0.3, 0.4) is 0 Å². The molecule has 4 heteroatoms. The van der Waals surface area contributed by atoms with Crippen LogP contribution in [0.5, 0.6) is 17.2 Å². The number of aromatic hydroxyl groups is 2. The first-order chi connectivity index (χ1) is 9.04. The van der Waals surface area contributed by atoms with E-state index < -0.39 is 0 Å². The van der Waals surface area contributed by atoms with Crippen LogP contribution in [0.4, 0.5) is 0 Å². The smallest absolute Gasteiger partial charge is 0.196 e. The highest BCUT2D eigenvalue weighted by molar-refractivity contribution is 6.11. The van der Waals surface area contributed by atoms with Crippen LogP contribution < -0.4 is 4.74 Å². The summed E-state index contributed by atoms with van der Waals surface area (Å²) in [6.07, 6.45) is 0. The van der Waals surface area contributed by atoms with Gasteiger partial charge >= 0.3 is 0 Å². The number of benzene rings is 2. The van der Waals surface area contributed by atoms with Crippen molar-refractivity contribution in [3.63, 3.8) is 0 Å². The van der Waals surface area contributed by atoms with Gasteiger partial charge in [-0.05, 0) is 43.3 Å². The van der Waals surface area contributed by atoms with E-state index in [2.05, 4.69) is 0 Å². The molecule has 0 unspecified atom stereocenters. The Bertz CT molecular complexity index is 615. The van der Waals surface area contributed by atoms with E-state index in [1.807, 2.05) is 0 Å². The van der Waals surface area contributed by atoms with Crippen molar-refractivity contribution in [2.24, 2.45) is 0 Å². The van der Waals surface area contributed by atoms with Crippen LogP contribution in [0.2, 0.25) is 0 Å². The van der Waals surface area contributed by atoms with E-state index in [1.54, 1.807) is 38.3 Å². The van der Waals surface area contributed by atoms with Crippen molar-refractivity contribution in [1.82, 2.24) is 0 Å². The zero-order valence-electron chi connectivity index (χ0n) is 10.7. The van der Waals surface area contributed by atoms with Crippen LogP contribution in [0.1, 0.15) is 21.5 Å². The molecule has 0 aromatic heterocycles. The molecule has 0 heterocycles. The average Bonchev–Trinajstić information content (AvgIpc) is 2.44. The molecule has 0 fully saturated rings. The Morgan fingerprint density at radius 2 is 1.68 bits per heavy atom. The number of hydrogen-bond donors (Lipinski definition) is 2. The highest BCUT2D eigenvalue weighted by atomic mass is 16.5. The number of phenols is 2. The fraction of sp³-hybridized carbons (Fsp3) is 0.133. The van der Waals surface area contributed by atoms with E-state index in [1.165, 1.54) is 12.1 Å². The second kappa shape index (κ2) is 5.02. The summed E-state index contributed by atoms with van der Waals surface area (Å²) in [7, 11) is 1.55. The number of rotatable bonds is 3. The van der Waals surface area contributed by atoms with E-state index >= 15 is 0 Å². The average molecular weight is 258 g/mol. The van der Waals surface area contributed by atoms with Crippen molar-refractivity contribution < 1.29 is 19.7 Å². The zero-order valence-corrected chi connectivity index (χ0v) is 10.7. The van der Waals surface area contributed by atoms with Gasteiger partial charge in [-0.25, -0.2) is 0 Å². The monoisotopic (exact) mass is 258 g/mol. The molecule has 0 spiro atoms. The molecule has 0 bridgehead atoms. The lowest BCUT2D eigenvalue weighted by atomic mass is 10.00. The molecular formula is C15H14O4. The predicted octanol–water partition coefficient (Wildman–Crippen LogP) is 2.65. The molecule has 0 saturated carbocycles. The molecule has 2 aromatic rings. The Hall–Kier alpha value is -2.49. The molecule has 2 rings (SSSR count). The Kier molecular flexibility index (Phi) is 3.42. The standard InChI is InChI=1S/C15H14O4/c1-9-13(16)8-7-12(14(9)17)15(18)10-3-5-11(19-2)6-4-10/h3-8,16-17H,1-2H3. The van der Waals surface area contributed by atoms with Gasteiger partial charge in [0.25, 0.3) is 0 Å². The lowest BCUT2D eigenvalue weighted by Gasteiger charge is -2.08. The van der Waals surface area contributed by atoms with Crippen molar-refractivity contribution in [1.29, 1.82) is 0 Å². The van der Waals surface area contributed by atoms with E-state index in [0.717, 1.165) is 0 Å². The van der Waals surface area contributed by atoms with Crippen LogP contribution in [-0.4, -0.2) is 23.1 Å². The number of phenolic OH excluding ortho intramolecular Hbond substituents is 2. The number of carbonyl (C=O) groups excluding carboxylic acids is 1. The largest absolute Gasteiger partial charge is 0.508 e. The van der Waals surface area contributed by atoms with Gasteiger partial charge in [-0.1, -0.05) is 0 Å². The molecule has 19 heavy (non-hydrogen) atoms. The highest BCUT2D eigenvalue weighted by Gasteiger charge is 2.16. The normalized spacial score (nSPS) is 10.2. The summed E-state index contributed by atoms with van der Waals surface area (Å²) in [6.45, 7) is 1.55. The van der Waals surface area contributed by atoms with Crippen molar-refractivity contribution >= 4 is 5.78 Å². The van der Waals surface area contributed by atoms with Gasteiger partial charge in [0, 0.05) is 11.1 Å². The lowest BCUT2D eigenvalue weighted by molar-refractivity contribution is 0.103. The summed E-state index contributed by atoms with van der Waals surface area (Å²) in [5.74, 6) is 0.121. The third-order valence-corrected chi connectivity index (χ3v) is 3.00. The van der Waals surface area contributed by atoms with Crippen LogP contribution >= 0.6 is 0 Å². The van der Waals surface area contributed by atoms with Crippen molar-refractivity contribution in [2.75, 3.05) is 7.11 Å². The first-order valence-corrected chi connectivity index (χ1v) is 5.75. The van der Waals surface area contributed by atoms with Crippen molar-refractivity contribution in [2.45, 2.75) is 6.92 Å². The van der Waals surface area contributed by atoms with Crippen LogP contribution in [0.15, 0.2) is 36.4 Å². The van der Waals surface area contributed by atoms with E-state index in [4.69, 9.17) is 4.74 Å². The van der Waals surface area contributed by atoms with Gasteiger partial charge in [0.1, 0.15) is 17.2 Å². The molecule has 0 amide bonds. The Morgan fingerprint density at radius 3 is 2.26 bits per heavy atom. The van der Waals surface area contributed by atoms with Gasteiger partial charge in [-0.2, -0.15) is 0 Å². The van der Waals surface area contributed by atoms with E-state index in [-0.39, 0.29) is 22.8 Å². The molecule has 0 saturated heterocycles. The SMILES string of the molecule is COc1ccc(C(=O)c2ccc(O)c(C)c2O)cc1. The fourth-order valence-corrected chi connectivity index (χ4v) is 1.77. The summed E-state index contributed by atoms with van der Waals surface area (Å²) >= 11 is 0. The Morgan fingerprint density at radius 1 is 1.05 bits per heavy atom. The van der Waals surface area contributed by atoms with Crippen LogP contribution in [-0.2, 0) is 0 Å². The Labute approximate surface area is 110 Å². The zero-order chi connectivity index (χ0) is 14.0. The minimum Gasteiger partial charge on any atom is -0.508 e. The summed E-state index contributed by atoms with van der Waals surface area (Å²) in [5.41, 5.74) is 0.904. The number of carbonyl (C=O) groups is 1. The molecule has 0 aliphatic heterocycles. The minimum absolute atomic E-state index is 0.0382. The van der Waals surface area contributed by atoms with Crippen molar-refractivity contribution in [3.8, 4) is 17.2 Å². The highest BCUT2D eigenvalue weighted by Crippen LogP contribution is 2.31. The van der Waals surface area contributed by atoms with Crippen LogP contribution in [0, 0.1) is 6.92 Å². The number of ketones is 1. The van der Waals surface area contributed by atoms with Crippen molar-refractivity contribution in [3.05, 3.63) is 53.1 Å². The first kappa shape index (κ1) is 13.0. The molecular weight excluding hydrogens is 244 g/mol. The second-order valence-electron chi connectivity index (χ2n) is 4.16. The van der Waals surface area contributed by atoms with Gasteiger partial charge in [0.05, 0.1) is 12.7 Å². The number of ether oxygens (including phenoxy) is 1. The summed E-state index contributed by atoms with van der Waals surface area (Å²) in [6, 6.07) is 9.41. The second-order valence-corrected chi connectivity index (χ2v) is 4.16. The lowest BCUT2D eigenvalue weighted by Crippen LogP contribution is -2.02. The molecule has 98 valence electrons. The van der Waals surface area contributed by atoms with Gasteiger partial charge in [0.2, 0.25) is 0 Å². The van der Waals surface area contributed by atoms with Crippen LogP contribution in [0.25, 0.3) is 0 Å². The molecule has 0 aliphatic carbocycles. The van der Waals surface area contributed by atoms with Gasteiger partial charge < -0.3 is 14.9 Å². The van der Waals surface area contributed by atoms with Gasteiger partial charge in [-0.3, -0.25) is 4.79 Å².